The second-order valence-corrected chi connectivity index (χ2v) is 9.37. The molecule has 2 N–H and O–H groups in total. The minimum atomic E-state index is -0.499. The number of primary amides is 1. The molecule has 0 saturated heterocycles. The van der Waals surface area contributed by atoms with E-state index < -0.39 is 5.91 Å². The van der Waals surface area contributed by atoms with Gasteiger partial charge in [0.2, 0.25) is 11.8 Å². The highest BCUT2D eigenvalue weighted by atomic mass is 127. The van der Waals surface area contributed by atoms with Crippen molar-refractivity contribution in [2.24, 2.45) is 5.73 Å². The summed E-state index contributed by atoms with van der Waals surface area (Å²) in [5.41, 5.74) is 9.64. The molecule has 1 aliphatic rings. The van der Waals surface area contributed by atoms with Gasteiger partial charge in [-0.15, -0.1) is 0 Å². The van der Waals surface area contributed by atoms with Crippen LogP contribution in [0.2, 0.25) is 0 Å². The van der Waals surface area contributed by atoms with Crippen LogP contribution in [0.3, 0.4) is 0 Å². The fourth-order valence-corrected chi connectivity index (χ4v) is 4.91. The predicted octanol–water partition coefficient (Wildman–Crippen LogP) is 4.68. The summed E-state index contributed by atoms with van der Waals surface area (Å²) in [5.74, 6) is 0.695. The third-order valence-corrected chi connectivity index (χ3v) is 7.59. The number of fused-ring (bicyclic) bond motifs is 1. The smallest absolute Gasteiger partial charge is 0.250 e. The number of halogens is 1. The molecule has 154 valence electrons. The highest BCUT2D eigenvalue weighted by Crippen LogP contribution is 2.47. The first-order chi connectivity index (χ1) is 14.5. The van der Waals surface area contributed by atoms with E-state index in [9.17, 15) is 4.79 Å². The van der Waals surface area contributed by atoms with Crippen molar-refractivity contribution in [1.29, 1.82) is 0 Å². The van der Waals surface area contributed by atoms with Gasteiger partial charge in [-0.25, -0.2) is 4.98 Å². The molecule has 5 nitrogen and oxygen atoms in total. The van der Waals surface area contributed by atoms with E-state index in [0.717, 1.165) is 31.6 Å². The summed E-state index contributed by atoms with van der Waals surface area (Å²) < 4.78 is 5.88. The number of rotatable bonds is 7. The van der Waals surface area contributed by atoms with Crippen LogP contribution < -0.4 is 10.5 Å². The SMILES string of the molecule is CN(CCc1ccccc1)C1(I)CCc2cc(Oc3ccc(C(N)=O)cn3)ccc21. The van der Waals surface area contributed by atoms with Gasteiger partial charge in [0.25, 0.3) is 0 Å². The van der Waals surface area contributed by atoms with Gasteiger partial charge in [0.1, 0.15) is 5.75 Å². The van der Waals surface area contributed by atoms with Gasteiger partial charge in [0.15, 0.2) is 0 Å². The lowest BCUT2D eigenvalue weighted by atomic mass is 10.1. The summed E-state index contributed by atoms with van der Waals surface area (Å²) in [6, 6.07) is 20.2. The Hall–Kier alpha value is -2.45. The zero-order chi connectivity index (χ0) is 21.1. The molecule has 1 aromatic heterocycles. The minimum absolute atomic E-state index is 0.0121. The van der Waals surface area contributed by atoms with Crippen molar-refractivity contribution in [3.63, 3.8) is 0 Å². The quantitative estimate of drug-likeness (QED) is 0.283. The molecular formula is C24H24IN3O2. The number of aryl methyl sites for hydroxylation is 1. The van der Waals surface area contributed by atoms with Gasteiger partial charge in [-0.05, 0) is 61.2 Å². The fraction of sp³-hybridized carbons (Fsp3) is 0.250. The lowest BCUT2D eigenvalue weighted by molar-refractivity contribution is 0.1000. The van der Waals surface area contributed by atoms with E-state index in [-0.39, 0.29) is 3.55 Å². The molecule has 0 bridgehead atoms. The number of nitrogens with two attached hydrogens (primary N) is 1. The Balaban J connectivity index is 1.46. The molecule has 0 radical (unpaired) electrons. The third kappa shape index (κ3) is 4.34. The van der Waals surface area contributed by atoms with Crippen molar-refractivity contribution < 1.29 is 9.53 Å². The van der Waals surface area contributed by atoms with Crippen LogP contribution in [0, 0.1) is 0 Å². The van der Waals surface area contributed by atoms with Crippen LogP contribution in [0.25, 0.3) is 0 Å². The number of amides is 1. The number of hydrogen-bond acceptors (Lipinski definition) is 4. The molecule has 1 amide bonds. The molecule has 1 unspecified atom stereocenters. The molecule has 0 fully saturated rings. The lowest BCUT2D eigenvalue weighted by Crippen LogP contribution is -2.37. The van der Waals surface area contributed by atoms with Crippen molar-refractivity contribution in [2.45, 2.75) is 22.8 Å². The first-order valence-electron chi connectivity index (χ1n) is 9.97. The normalized spacial score (nSPS) is 17.7. The second-order valence-electron chi connectivity index (χ2n) is 7.59. The molecular weight excluding hydrogens is 489 g/mol. The number of pyridine rings is 1. The van der Waals surface area contributed by atoms with E-state index in [1.807, 2.05) is 6.07 Å². The molecule has 1 atom stereocenters. The predicted molar refractivity (Wildman–Crippen MR) is 126 cm³/mol. The number of aromatic nitrogens is 1. The number of likely N-dealkylation sites (N-methyl/N-ethyl adjacent to an activating group) is 1. The zero-order valence-electron chi connectivity index (χ0n) is 16.8. The Morgan fingerprint density at radius 1 is 1.20 bits per heavy atom. The van der Waals surface area contributed by atoms with Gasteiger partial charge in [0, 0.05) is 18.8 Å². The molecule has 4 rings (SSSR count). The molecule has 1 aliphatic carbocycles. The standard InChI is InChI=1S/C24H24IN3O2/c1-28(14-12-17-5-3-2-4-6-17)24(25)13-11-18-15-20(8-9-21(18)24)30-22-10-7-19(16-27-22)23(26)29/h2-10,15-16H,11-14H2,1H3,(H2,26,29). The van der Waals surface area contributed by atoms with Gasteiger partial charge < -0.3 is 10.5 Å². The van der Waals surface area contributed by atoms with Crippen molar-refractivity contribution in [2.75, 3.05) is 13.6 Å². The molecule has 3 aromatic rings. The number of carbonyl (C=O) groups excluding carboxylic acids is 1. The van der Waals surface area contributed by atoms with Crippen LogP contribution in [0.1, 0.15) is 33.5 Å². The van der Waals surface area contributed by atoms with Gasteiger partial charge in [0.05, 0.1) is 9.11 Å². The highest BCUT2D eigenvalue weighted by molar-refractivity contribution is 14.1. The summed E-state index contributed by atoms with van der Waals surface area (Å²) >= 11 is 2.60. The summed E-state index contributed by atoms with van der Waals surface area (Å²) in [4.78, 5) is 17.8. The van der Waals surface area contributed by atoms with E-state index in [4.69, 9.17) is 10.5 Å². The van der Waals surface area contributed by atoms with Crippen LogP contribution in [0.4, 0.5) is 0 Å². The largest absolute Gasteiger partial charge is 0.439 e. The maximum absolute atomic E-state index is 11.2. The summed E-state index contributed by atoms with van der Waals surface area (Å²) in [7, 11) is 2.21. The number of alkyl halides is 1. The summed E-state index contributed by atoms with van der Waals surface area (Å²) in [5, 5.41) is 0. The second kappa shape index (κ2) is 8.73. The Bertz CT molecular complexity index is 1040. The number of benzene rings is 2. The Morgan fingerprint density at radius 3 is 2.70 bits per heavy atom. The number of nitrogens with zero attached hydrogens (tertiary/aromatic N) is 2. The Labute approximate surface area is 190 Å². The van der Waals surface area contributed by atoms with Crippen molar-refractivity contribution >= 4 is 28.5 Å². The van der Waals surface area contributed by atoms with E-state index in [1.165, 1.54) is 22.9 Å². The fourth-order valence-electron chi connectivity index (χ4n) is 3.87. The molecule has 0 spiro atoms. The molecule has 0 saturated carbocycles. The third-order valence-electron chi connectivity index (χ3n) is 5.64. The Kier molecular flexibility index (Phi) is 6.06. The van der Waals surface area contributed by atoms with Gasteiger partial charge in [-0.3, -0.25) is 9.69 Å². The summed E-state index contributed by atoms with van der Waals surface area (Å²) in [6.07, 6.45) is 4.55. The number of ether oxygens (including phenoxy) is 1. The van der Waals surface area contributed by atoms with Crippen LogP contribution in [0.15, 0.2) is 66.9 Å². The average Bonchev–Trinajstić information content (AvgIpc) is 3.10. The van der Waals surface area contributed by atoms with Crippen LogP contribution >= 0.6 is 22.6 Å². The number of hydrogen-bond donors (Lipinski definition) is 1. The van der Waals surface area contributed by atoms with Gasteiger partial charge in [-0.2, -0.15) is 0 Å². The maximum atomic E-state index is 11.2. The Morgan fingerprint density at radius 2 is 2.00 bits per heavy atom. The first kappa shape index (κ1) is 20.8. The topological polar surface area (TPSA) is 68.5 Å². The molecule has 6 heteroatoms. The highest BCUT2D eigenvalue weighted by Gasteiger charge is 2.39. The van der Waals surface area contributed by atoms with E-state index >= 15 is 0 Å². The zero-order valence-corrected chi connectivity index (χ0v) is 19.0. The molecule has 2 aromatic carbocycles. The minimum Gasteiger partial charge on any atom is -0.439 e. The molecule has 0 aliphatic heterocycles. The van der Waals surface area contributed by atoms with Gasteiger partial charge in [-0.1, -0.05) is 59.0 Å². The molecule has 30 heavy (non-hydrogen) atoms. The van der Waals surface area contributed by atoms with E-state index in [0.29, 0.717) is 11.4 Å². The van der Waals surface area contributed by atoms with Crippen LogP contribution in [-0.4, -0.2) is 29.4 Å². The average molecular weight is 513 g/mol. The van der Waals surface area contributed by atoms with Crippen molar-refractivity contribution in [1.82, 2.24) is 9.88 Å². The molecule has 1 heterocycles. The van der Waals surface area contributed by atoms with E-state index in [2.05, 4.69) is 82.0 Å². The van der Waals surface area contributed by atoms with Crippen LogP contribution in [-0.2, 0) is 16.4 Å². The maximum Gasteiger partial charge on any atom is 0.250 e. The van der Waals surface area contributed by atoms with Crippen molar-refractivity contribution in [3.05, 3.63) is 89.1 Å². The van der Waals surface area contributed by atoms with Crippen LogP contribution in [0.5, 0.6) is 11.6 Å². The van der Waals surface area contributed by atoms with Crippen molar-refractivity contribution in [3.8, 4) is 11.6 Å². The monoisotopic (exact) mass is 513 g/mol. The van der Waals surface area contributed by atoms with E-state index in [1.54, 1.807) is 12.1 Å². The lowest BCUT2D eigenvalue weighted by Gasteiger charge is -2.34. The van der Waals surface area contributed by atoms with Gasteiger partial charge >= 0.3 is 0 Å². The first-order valence-corrected chi connectivity index (χ1v) is 11.0. The number of carbonyl (C=O) groups is 1. The summed E-state index contributed by atoms with van der Waals surface area (Å²) in [6.45, 7) is 1.00.